The average Bonchev–Trinajstić information content (AvgIpc) is 3.74. The second-order valence-corrected chi connectivity index (χ2v) is 12.0. The third-order valence-corrected chi connectivity index (χ3v) is 8.88. The number of fused-ring (bicyclic) bond motifs is 7. The zero-order chi connectivity index (χ0) is 30.7. The molecule has 0 amide bonds. The fourth-order valence-electron chi connectivity index (χ4n) is 6.93. The summed E-state index contributed by atoms with van der Waals surface area (Å²) in [6, 6.07) is 45.1. The minimum absolute atomic E-state index is 0. The van der Waals surface area contributed by atoms with Gasteiger partial charge in [-0.1, -0.05) is 54.0 Å². The van der Waals surface area contributed by atoms with Crippen LogP contribution in [0.25, 0.3) is 49.4 Å². The molecule has 0 spiro atoms. The predicted molar refractivity (Wildman–Crippen MR) is 188 cm³/mol. The fourth-order valence-corrected chi connectivity index (χ4v) is 6.93. The molecular weight excluding hydrogens is 741 g/mol. The van der Waals surface area contributed by atoms with Gasteiger partial charge in [-0.15, -0.1) is 53.0 Å². The number of aryl methyl sites for hydroxylation is 2. The van der Waals surface area contributed by atoms with Crippen LogP contribution in [0.2, 0.25) is 0 Å². The minimum atomic E-state index is 0. The molecule has 0 N–H and O–H groups in total. The zero-order valence-corrected chi connectivity index (χ0v) is 28.6. The van der Waals surface area contributed by atoms with Gasteiger partial charge in [0.15, 0.2) is 0 Å². The fraction of sp³-hybridized carbons (Fsp3) is 0.122. The van der Waals surface area contributed by atoms with E-state index in [1.54, 1.807) is 6.20 Å². The van der Waals surface area contributed by atoms with E-state index in [-0.39, 0.29) is 20.1 Å². The quantitative estimate of drug-likeness (QED) is 0.167. The maximum absolute atomic E-state index is 4.22. The zero-order valence-electron chi connectivity index (χ0n) is 26.2. The van der Waals surface area contributed by atoms with Gasteiger partial charge in [0.2, 0.25) is 0 Å². The van der Waals surface area contributed by atoms with Crippen LogP contribution in [0.3, 0.4) is 0 Å². The molecule has 0 aliphatic carbocycles. The number of hydrogen-bond donors (Lipinski definition) is 0. The Morgan fingerprint density at radius 2 is 1.43 bits per heavy atom. The van der Waals surface area contributed by atoms with Crippen molar-refractivity contribution >= 4 is 55.2 Å². The molecule has 5 aromatic carbocycles. The van der Waals surface area contributed by atoms with Crippen molar-refractivity contribution in [1.82, 2.24) is 9.38 Å². The predicted octanol–water partition coefficient (Wildman–Crippen LogP) is 10.3. The molecule has 0 saturated carbocycles. The number of aromatic nitrogens is 2. The van der Waals surface area contributed by atoms with Crippen LogP contribution in [0.5, 0.6) is 0 Å². The molecule has 5 heteroatoms. The SMILES string of the molecule is Cc1cc(C)c2c3ccccc3n3c4c[c-]c(N5[CH-]N(C(C)C)c6ccccc65)cc4c1c23.[Ir+3].[c-]1ccccc1-c1ccccn1. The Kier molecular flexibility index (Phi) is 7.76. The van der Waals surface area contributed by atoms with Crippen LogP contribution in [-0.4, -0.2) is 15.4 Å². The molecule has 4 heterocycles. The third-order valence-electron chi connectivity index (χ3n) is 8.88. The summed E-state index contributed by atoms with van der Waals surface area (Å²) < 4.78 is 2.44. The molecule has 0 bridgehead atoms. The second kappa shape index (κ2) is 11.9. The Hall–Kier alpha value is -4.70. The molecule has 4 nitrogen and oxygen atoms in total. The van der Waals surface area contributed by atoms with Crippen molar-refractivity contribution in [3.05, 3.63) is 145 Å². The molecule has 46 heavy (non-hydrogen) atoms. The van der Waals surface area contributed by atoms with Gasteiger partial charge in [-0.3, -0.25) is 0 Å². The van der Waals surface area contributed by atoms with Gasteiger partial charge in [0.25, 0.3) is 0 Å². The number of anilines is 3. The summed E-state index contributed by atoms with van der Waals surface area (Å²) in [4.78, 5) is 8.83. The molecule has 1 aliphatic rings. The molecule has 0 fully saturated rings. The van der Waals surface area contributed by atoms with Gasteiger partial charge in [-0.05, 0) is 80.2 Å². The number of rotatable bonds is 3. The average molecular weight is 774 g/mol. The van der Waals surface area contributed by atoms with Gasteiger partial charge in [-0.2, -0.15) is 18.8 Å². The summed E-state index contributed by atoms with van der Waals surface area (Å²) in [5.74, 6) is 0. The summed E-state index contributed by atoms with van der Waals surface area (Å²) in [6.07, 6.45) is 1.79. The van der Waals surface area contributed by atoms with E-state index in [1.807, 2.05) is 42.5 Å². The molecule has 1 aliphatic heterocycles. The van der Waals surface area contributed by atoms with Crippen molar-refractivity contribution in [2.24, 2.45) is 0 Å². The van der Waals surface area contributed by atoms with E-state index in [0.717, 1.165) is 16.9 Å². The van der Waals surface area contributed by atoms with Crippen LogP contribution in [0.15, 0.2) is 115 Å². The Balaban J connectivity index is 0.000000220. The van der Waals surface area contributed by atoms with Crippen molar-refractivity contribution in [2.45, 2.75) is 33.7 Å². The molecular formula is C41H33IrN4. The largest absolute Gasteiger partial charge is 3.00 e. The molecule has 0 saturated heterocycles. The van der Waals surface area contributed by atoms with Crippen LogP contribution in [0.1, 0.15) is 25.0 Å². The topological polar surface area (TPSA) is 23.8 Å². The molecule has 9 rings (SSSR count). The van der Waals surface area contributed by atoms with Crippen LogP contribution >= 0.6 is 0 Å². The van der Waals surface area contributed by atoms with Gasteiger partial charge in [0.1, 0.15) is 0 Å². The Bertz CT molecular complexity index is 2270. The van der Waals surface area contributed by atoms with Crippen molar-refractivity contribution in [1.29, 1.82) is 0 Å². The van der Waals surface area contributed by atoms with E-state index >= 15 is 0 Å². The summed E-state index contributed by atoms with van der Waals surface area (Å²) in [7, 11) is 0. The van der Waals surface area contributed by atoms with Crippen molar-refractivity contribution in [2.75, 3.05) is 9.80 Å². The first-order chi connectivity index (χ1) is 22.0. The number of nitrogens with zero attached hydrogens (tertiary/aromatic N) is 4. The van der Waals surface area contributed by atoms with Crippen molar-refractivity contribution < 1.29 is 20.1 Å². The van der Waals surface area contributed by atoms with Gasteiger partial charge in [-0.25, -0.2) is 0 Å². The van der Waals surface area contributed by atoms with Crippen molar-refractivity contribution in [3.8, 4) is 11.3 Å². The number of benzene rings is 5. The van der Waals surface area contributed by atoms with Gasteiger partial charge in [0.05, 0.1) is 0 Å². The molecule has 0 atom stereocenters. The van der Waals surface area contributed by atoms with Crippen LogP contribution in [-0.2, 0) is 20.1 Å². The molecule has 226 valence electrons. The summed E-state index contributed by atoms with van der Waals surface area (Å²) in [5, 5.41) is 5.34. The van der Waals surface area contributed by atoms with E-state index < -0.39 is 0 Å². The first-order valence-electron chi connectivity index (χ1n) is 15.5. The van der Waals surface area contributed by atoms with Gasteiger partial charge in [0, 0.05) is 39.4 Å². The van der Waals surface area contributed by atoms with Crippen LogP contribution in [0.4, 0.5) is 17.1 Å². The van der Waals surface area contributed by atoms with Crippen molar-refractivity contribution in [3.63, 3.8) is 0 Å². The Morgan fingerprint density at radius 3 is 2.17 bits per heavy atom. The summed E-state index contributed by atoms with van der Waals surface area (Å²) in [6.45, 7) is 11.2. The van der Waals surface area contributed by atoms with Gasteiger partial charge >= 0.3 is 20.1 Å². The van der Waals surface area contributed by atoms with Crippen LogP contribution in [0, 0.1) is 32.6 Å². The third kappa shape index (κ3) is 4.74. The molecule has 8 aromatic rings. The molecule has 3 aromatic heterocycles. The van der Waals surface area contributed by atoms with Gasteiger partial charge < -0.3 is 19.2 Å². The van der Waals surface area contributed by atoms with E-state index in [9.17, 15) is 0 Å². The minimum Gasteiger partial charge on any atom is -0.499 e. The monoisotopic (exact) mass is 774 g/mol. The van der Waals surface area contributed by atoms with E-state index in [4.69, 9.17) is 0 Å². The summed E-state index contributed by atoms with van der Waals surface area (Å²) in [5.41, 5.74) is 12.0. The number of para-hydroxylation sites is 3. The van der Waals surface area contributed by atoms with E-state index in [1.165, 1.54) is 60.6 Å². The second-order valence-electron chi connectivity index (χ2n) is 12.0. The Morgan fingerprint density at radius 1 is 0.717 bits per heavy atom. The van der Waals surface area contributed by atoms with E-state index in [2.05, 4.69) is 132 Å². The standard InChI is InChI=1S/C30H25N3.C11H8N.Ir/c1-18(2)31-17-32(27-12-8-7-11-26(27)31)21-13-14-25-23(16-21)29-20(4)15-19(3)28-22-9-5-6-10-24(22)33(25)30(28)29;1-2-6-10(7-3-1)11-8-4-5-9-12-11;/h5-12,14-18H,1-4H3;1-6,8-9H;/q-2;-1;+3. The smallest absolute Gasteiger partial charge is 0.499 e. The first kappa shape index (κ1) is 30.0. The Labute approximate surface area is 283 Å². The summed E-state index contributed by atoms with van der Waals surface area (Å²) >= 11 is 0. The first-order valence-corrected chi connectivity index (χ1v) is 15.5. The maximum Gasteiger partial charge on any atom is 3.00 e. The maximum atomic E-state index is 4.22. The molecule has 0 unspecified atom stereocenters. The number of pyridine rings is 1. The molecule has 0 radical (unpaired) electrons. The normalized spacial score (nSPS) is 12.6. The van der Waals surface area contributed by atoms with Crippen LogP contribution < -0.4 is 9.80 Å². The number of hydrogen-bond acceptors (Lipinski definition) is 3. The van der Waals surface area contributed by atoms with E-state index in [0.29, 0.717) is 6.04 Å².